The van der Waals surface area contributed by atoms with Crippen molar-refractivity contribution in [1.29, 1.82) is 0 Å². The van der Waals surface area contributed by atoms with Crippen molar-refractivity contribution >= 4 is 11.8 Å². The van der Waals surface area contributed by atoms with E-state index in [9.17, 15) is 35.7 Å². The first-order valence-corrected chi connectivity index (χ1v) is 13.4. The summed E-state index contributed by atoms with van der Waals surface area (Å²) in [4.78, 5) is 0. The highest BCUT2D eigenvalue weighted by atomic mass is 32.2. The second-order valence-corrected chi connectivity index (χ2v) is 10.7. The van der Waals surface area contributed by atoms with Crippen molar-refractivity contribution < 1.29 is 50.0 Å². The Morgan fingerprint density at radius 2 is 1.50 bits per heavy atom. The largest absolute Gasteiger partial charge is 0.396 e. The van der Waals surface area contributed by atoms with E-state index in [1.165, 1.54) is 43.9 Å². The molecular formula is C23H44O10S. The third-order valence-electron chi connectivity index (χ3n) is 6.77. The summed E-state index contributed by atoms with van der Waals surface area (Å²) in [6, 6.07) is 0. The summed E-state index contributed by atoms with van der Waals surface area (Å²) in [6.07, 6.45) is -0.641. The molecular weight excluding hydrogens is 468 g/mol. The van der Waals surface area contributed by atoms with Crippen LogP contribution in [0.5, 0.6) is 0 Å². The van der Waals surface area contributed by atoms with Gasteiger partial charge in [-0.3, -0.25) is 0 Å². The molecule has 10 nitrogen and oxygen atoms in total. The Balaban J connectivity index is 1.77. The van der Waals surface area contributed by atoms with E-state index in [-0.39, 0.29) is 19.8 Å². The summed E-state index contributed by atoms with van der Waals surface area (Å²) in [5.74, 6) is 0.807. The van der Waals surface area contributed by atoms with E-state index in [0.29, 0.717) is 0 Å². The van der Waals surface area contributed by atoms with E-state index in [1.54, 1.807) is 0 Å². The smallest absolute Gasteiger partial charge is 0.131 e. The molecule has 2 aliphatic rings. The number of ether oxygens (including phenoxy) is 3. The van der Waals surface area contributed by atoms with Gasteiger partial charge < -0.3 is 50.0 Å². The molecule has 2 rings (SSSR count). The van der Waals surface area contributed by atoms with Gasteiger partial charge in [0.1, 0.15) is 42.1 Å². The number of thioether (sulfide) groups is 1. The molecule has 0 radical (unpaired) electrons. The molecule has 2 heterocycles. The molecule has 0 aromatic carbocycles. The number of aliphatic hydroxyl groups excluding tert-OH is 7. The van der Waals surface area contributed by atoms with Crippen molar-refractivity contribution in [2.45, 2.75) is 100 Å². The number of rotatable bonds is 15. The molecule has 0 aromatic rings. The van der Waals surface area contributed by atoms with Crippen molar-refractivity contribution in [2.75, 3.05) is 38.8 Å². The van der Waals surface area contributed by atoms with Crippen LogP contribution in [0.3, 0.4) is 0 Å². The van der Waals surface area contributed by atoms with Gasteiger partial charge in [0.15, 0.2) is 0 Å². The summed E-state index contributed by atoms with van der Waals surface area (Å²) < 4.78 is 16.8. The second kappa shape index (κ2) is 15.3. The normalized spacial score (nSPS) is 38.8. The van der Waals surface area contributed by atoms with E-state index in [1.807, 2.05) is 0 Å². The molecule has 3 unspecified atom stereocenters. The highest BCUT2D eigenvalue weighted by Gasteiger charge is 2.50. The Labute approximate surface area is 206 Å². The maximum Gasteiger partial charge on any atom is 0.131 e. The molecule has 0 bridgehead atoms. The van der Waals surface area contributed by atoms with Crippen LogP contribution in [0, 0.1) is 5.41 Å². The molecule has 2 aliphatic heterocycles. The van der Waals surface area contributed by atoms with Crippen molar-refractivity contribution in [3.05, 3.63) is 0 Å². The lowest BCUT2D eigenvalue weighted by Gasteiger charge is -2.45. The topological polar surface area (TPSA) is 169 Å². The zero-order chi connectivity index (χ0) is 25.1. The van der Waals surface area contributed by atoms with Crippen LogP contribution < -0.4 is 0 Å². The SMILES string of the molecule is CCCCCCCCCS[C@@H]1OC[C@@](CO)(COC[C@H]2OC(CO)[C@@H](O)[C@@H](O)C2O)[C@@H](O)C1O. The second-order valence-electron chi connectivity index (χ2n) is 9.51. The van der Waals surface area contributed by atoms with E-state index in [0.717, 1.165) is 18.6 Å². The maximum atomic E-state index is 10.8. The summed E-state index contributed by atoms with van der Waals surface area (Å²) in [6.45, 7) is 0.728. The maximum absolute atomic E-state index is 10.8. The fraction of sp³-hybridized carbons (Fsp3) is 1.00. The fourth-order valence-corrected chi connectivity index (χ4v) is 5.47. The van der Waals surface area contributed by atoms with Gasteiger partial charge >= 0.3 is 0 Å². The molecule has 0 amide bonds. The van der Waals surface area contributed by atoms with Crippen LogP contribution in [-0.4, -0.2) is 123 Å². The van der Waals surface area contributed by atoms with E-state index in [4.69, 9.17) is 14.2 Å². The van der Waals surface area contributed by atoms with Gasteiger partial charge in [0, 0.05) is 0 Å². The van der Waals surface area contributed by atoms with Crippen LogP contribution >= 0.6 is 11.8 Å². The Morgan fingerprint density at radius 3 is 2.15 bits per heavy atom. The van der Waals surface area contributed by atoms with Gasteiger partial charge in [0.05, 0.1) is 44.6 Å². The predicted molar refractivity (Wildman–Crippen MR) is 126 cm³/mol. The zero-order valence-corrected chi connectivity index (χ0v) is 20.9. The first-order valence-electron chi connectivity index (χ1n) is 12.4. The molecule has 2 fully saturated rings. The molecule has 2 saturated heterocycles. The van der Waals surface area contributed by atoms with Crippen LogP contribution in [0.25, 0.3) is 0 Å². The van der Waals surface area contributed by atoms with Gasteiger partial charge in [-0.2, -0.15) is 0 Å². The molecule has 7 N–H and O–H groups in total. The fourth-order valence-electron chi connectivity index (χ4n) is 4.35. The van der Waals surface area contributed by atoms with Crippen LogP contribution in [-0.2, 0) is 14.2 Å². The average molecular weight is 513 g/mol. The van der Waals surface area contributed by atoms with Crippen molar-refractivity contribution in [1.82, 2.24) is 0 Å². The van der Waals surface area contributed by atoms with Gasteiger partial charge in [0.2, 0.25) is 0 Å². The Hall–Kier alpha value is -0.0500. The lowest BCUT2D eigenvalue weighted by atomic mass is 9.80. The molecule has 0 aliphatic carbocycles. The van der Waals surface area contributed by atoms with E-state index < -0.39 is 66.8 Å². The highest BCUT2D eigenvalue weighted by molar-refractivity contribution is 7.99. The van der Waals surface area contributed by atoms with Crippen molar-refractivity contribution in [3.8, 4) is 0 Å². The van der Waals surface area contributed by atoms with Gasteiger partial charge in [-0.25, -0.2) is 0 Å². The molecule has 0 saturated carbocycles. The van der Waals surface area contributed by atoms with Crippen LogP contribution in [0.4, 0.5) is 0 Å². The molecule has 0 spiro atoms. The highest BCUT2D eigenvalue weighted by Crippen LogP contribution is 2.36. The third kappa shape index (κ3) is 7.97. The monoisotopic (exact) mass is 512 g/mol. The minimum atomic E-state index is -1.51. The van der Waals surface area contributed by atoms with Crippen LogP contribution in [0.2, 0.25) is 0 Å². The Morgan fingerprint density at radius 1 is 0.853 bits per heavy atom. The Bertz CT molecular complexity index is 556. The first-order chi connectivity index (χ1) is 16.3. The molecule has 0 aromatic heterocycles. The number of hydrogen-bond acceptors (Lipinski definition) is 11. The van der Waals surface area contributed by atoms with Gasteiger partial charge in [-0.05, 0) is 12.2 Å². The number of aliphatic hydroxyl groups is 7. The quantitative estimate of drug-likeness (QED) is 0.140. The van der Waals surface area contributed by atoms with Crippen molar-refractivity contribution in [3.63, 3.8) is 0 Å². The van der Waals surface area contributed by atoms with E-state index >= 15 is 0 Å². The number of unbranched alkanes of at least 4 members (excludes halogenated alkanes) is 6. The van der Waals surface area contributed by atoms with Gasteiger partial charge in [-0.1, -0.05) is 45.4 Å². The third-order valence-corrected chi connectivity index (χ3v) is 8.04. The summed E-state index contributed by atoms with van der Waals surface area (Å²) in [5, 5.41) is 70.5. The van der Waals surface area contributed by atoms with Crippen LogP contribution in [0.1, 0.15) is 51.9 Å². The standard InChI is InChI=1S/C23H44O10S/c1-2-3-4-5-6-7-8-9-34-22-20(29)21(30)23(12-25,14-32-22)13-31-11-16-18(27)19(28)17(26)15(10-24)33-16/h15-22,24-30H,2-14H2,1H3/t15?,16-,17-,18?,19-,20?,21+,22+,23-/m1/s1. The molecule has 202 valence electrons. The number of hydrogen-bond donors (Lipinski definition) is 7. The average Bonchev–Trinajstić information content (AvgIpc) is 2.84. The summed E-state index contributed by atoms with van der Waals surface area (Å²) in [7, 11) is 0. The zero-order valence-electron chi connectivity index (χ0n) is 20.1. The molecule has 34 heavy (non-hydrogen) atoms. The lowest BCUT2D eigenvalue weighted by Crippen LogP contribution is -2.61. The van der Waals surface area contributed by atoms with Crippen LogP contribution in [0.15, 0.2) is 0 Å². The summed E-state index contributed by atoms with van der Waals surface area (Å²) in [5.41, 5.74) is -1.86. The molecule has 11 heteroatoms. The van der Waals surface area contributed by atoms with Gasteiger partial charge in [-0.15, -0.1) is 11.8 Å². The van der Waals surface area contributed by atoms with Gasteiger partial charge in [0.25, 0.3) is 0 Å². The predicted octanol–water partition coefficient (Wildman–Crippen LogP) is -0.614. The Kier molecular flexibility index (Phi) is 13.5. The van der Waals surface area contributed by atoms with E-state index in [2.05, 4.69) is 6.92 Å². The summed E-state index contributed by atoms with van der Waals surface area (Å²) >= 11 is 1.46. The lowest BCUT2D eigenvalue weighted by molar-refractivity contribution is -0.247. The van der Waals surface area contributed by atoms with Crippen molar-refractivity contribution in [2.24, 2.45) is 5.41 Å². The minimum absolute atomic E-state index is 0.0227. The molecule has 9 atom stereocenters. The minimum Gasteiger partial charge on any atom is -0.396 e. The first kappa shape index (κ1) is 30.2.